The maximum absolute atomic E-state index is 14.1. The fraction of sp³-hybridized carbons (Fsp3) is 0.182. The highest BCUT2D eigenvalue weighted by molar-refractivity contribution is 6.09. The molecular formula is C33H31N3O. The van der Waals surface area contributed by atoms with Crippen LogP contribution in [0.4, 0.5) is 0 Å². The van der Waals surface area contributed by atoms with Crippen molar-refractivity contribution < 1.29 is 4.79 Å². The fourth-order valence-electron chi connectivity index (χ4n) is 4.94. The topological polar surface area (TPSA) is 54.9 Å². The normalized spacial score (nSPS) is 11.8. The molecule has 0 fully saturated rings. The molecule has 2 aromatic heterocycles. The monoisotopic (exact) mass is 485 g/mol. The van der Waals surface area contributed by atoms with E-state index < -0.39 is 0 Å². The summed E-state index contributed by atoms with van der Waals surface area (Å²) < 4.78 is 0. The summed E-state index contributed by atoms with van der Waals surface area (Å²) in [7, 11) is 0. The maximum Gasteiger partial charge on any atom is 0.252 e. The van der Waals surface area contributed by atoms with Gasteiger partial charge in [-0.2, -0.15) is 0 Å². The number of nitrogens with one attached hydrogen (secondary N) is 1. The summed E-state index contributed by atoms with van der Waals surface area (Å²) >= 11 is 0. The molecule has 0 radical (unpaired) electrons. The van der Waals surface area contributed by atoms with Crippen LogP contribution in [0.2, 0.25) is 0 Å². The molecule has 1 N–H and O–H groups in total. The molecule has 1 amide bonds. The molecule has 37 heavy (non-hydrogen) atoms. The van der Waals surface area contributed by atoms with Crippen molar-refractivity contribution in [1.82, 2.24) is 15.3 Å². The molecular weight excluding hydrogens is 454 g/mol. The second kappa shape index (κ2) is 11.6. The Morgan fingerprint density at radius 1 is 0.811 bits per heavy atom. The number of hydrogen-bond acceptors (Lipinski definition) is 3. The van der Waals surface area contributed by atoms with E-state index >= 15 is 0 Å². The van der Waals surface area contributed by atoms with Gasteiger partial charge in [-0.3, -0.25) is 9.78 Å². The van der Waals surface area contributed by atoms with E-state index in [1.54, 1.807) is 0 Å². The van der Waals surface area contributed by atoms with Crippen LogP contribution in [0.5, 0.6) is 0 Å². The number of rotatable bonds is 9. The van der Waals surface area contributed by atoms with Crippen LogP contribution in [0, 0.1) is 0 Å². The molecule has 1 unspecified atom stereocenters. The number of para-hydroxylation sites is 1. The Morgan fingerprint density at radius 3 is 2.22 bits per heavy atom. The van der Waals surface area contributed by atoms with E-state index in [-0.39, 0.29) is 11.9 Å². The van der Waals surface area contributed by atoms with Gasteiger partial charge in [0.25, 0.3) is 5.91 Å². The molecule has 0 saturated heterocycles. The summed E-state index contributed by atoms with van der Waals surface area (Å²) in [6, 6.07) is 32.4. The molecule has 0 aliphatic carbocycles. The van der Waals surface area contributed by atoms with Gasteiger partial charge in [-0.15, -0.1) is 0 Å². The molecule has 184 valence electrons. The highest BCUT2D eigenvalue weighted by Gasteiger charge is 2.23. The van der Waals surface area contributed by atoms with Crippen LogP contribution in [0.25, 0.3) is 22.2 Å². The number of carbonyl (C=O) groups excluding carboxylic acids is 1. The SMILES string of the molecule is CCC(NC(=O)c1c(CCCc2ccncc2)c(-c2ccccc2)nc2ccccc12)c1ccccc1. The first-order chi connectivity index (χ1) is 18.2. The number of aromatic nitrogens is 2. The second-order valence-electron chi connectivity index (χ2n) is 9.25. The predicted molar refractivity (Wildman–Crippen MR) is 150 cm³/mol. The van der Waals surface area contributed by atoms with Crippen molar-refractivity contribution in [3.63, 3.8) is 0 Å². The van der Waals surface area contributed by atoms with Crippen LogP contribution in [-0.2, 0) is 12.8 Å². The van der Waals surface area contributed by atoms with Crippen molar-refractivity contribution in [1.29, 1.82) is 0 Å². The van der Waals surface area contributed by atoms with Crippen molar-refractivity contribution in [3.8, 4) is 11.3 Å². The van der Waals surface area contributed by atoms with E-state index in [1.165, 1.54) is 5.56 Å². The summed E-state index contributed by atoms with van der Waals surface area (Å²) in [5, 5.41) is 4.23. The largest absolute Gasteiger partial charge is 0.345 e. The van der Waals surface area contributed by atoms with Gasteiger partial charge in [0.15, 0.2) is 0 Å². The van der Waals surface area contributed by atoms with Crippen molar-refractivity contribution in [2.45, 2.75) is 38.6 Å². The number of amides is 1. The molecule has 4 nitrogen and oxygen atoms in total. The minimum Gasteiger partial charge on any atom is -0.345 e. The van der Waals surface area contributed by atoms with E-state index in [1.807, 2.05) is 73.1 Å². The van der Waals surface area contributed by atoms with Crippen LogP contribution < -0.4 is 5.32 Å². The van der Waals surface area contributed by atoms with Gasteiger partial charge >= 0.3 is 0 Å². The molecule has 0 bridgehead atoms. The summed E-state index contributed by atoms with van der Waals surface area (Å²) in [4.78, 5) is 23.3. The average Bonchev–Trinajstić information content (AvgIpc) is 2.96. The predicted octanol–water partition coefficient (Wildman–Crippen LogP) is 7.35. The summed E-state index contributed by atoms with van der Waals surface area (Å²) in [5.41, 5.74) is 6.82. The Labute approximate surface area is 218 Å². The Morgan fingerprint density at radius 2 is 1.49 bits per heavy atom. The molecule has 3 aromatic carbocycles. The molecule has 0 aliphatic heterocycles. The zero-order chi connectivity index (χ0) is 25.5. The van der Waals surface area contributed by atoms with Crippen LogP contribution >= 0.6 is 0 Å². The molecule has 0 saturated carbocycles. The minimum atomic E-state index is -0.0644. The lowest BCUT2D eigenvalue weighted by molar-refractivity contribution is 0.0936. The van der Waals surface area contributed by atoms with Crippen molar-refractivity contribution in [2.75, 3.05) is 0 Å². The van der Waals surface area contributed by atoms with Crippen molar-refractivity contribution in [3.05, 3.63) is 132 Å². The third kappa shape index (κ3) is 5.59. The summed E-state index contributed by atoms with van der Waals surface area (Å²) in [5.74, 6) is -0.0506. The molecule has 4 heteroatoms. The lowest BCUT2D eigenvalue weighted by Gasteiger charge is -2.21. The number of hydrogen-bond donors (Lipinski definition) is 1. The first kappa shape index (κ1) is 24.4. The number of benzene rings is 3. The van der Waals surface area contributed by atoms with Gasteiger partial charge in [0.2, 0.25) is 0 Å². The highest BCUT2D eigenvalue weighted by atomic mass is 16.1. The standard InChI is InChI=1S/C33H31N3O/c1-2-29(25-13-5-3-6-14-25)36-33(37)31-27-17-9-10-19-30(27)35-32(26-15-7-4-8-16-26)28(31)18-11-12-24-20-22-34-23-21-24/h3-10,13-17,19-23,29H,2,11-12,18H2,1H3,(H,36,37). The van der Waals surface area contributed by atoms with E-state index in [9.17, 15) is 4.79 Å². The van der Waals surface area contributed by atoms with Gasteiger partial charge in [-0.1, -0.05) is 85.8 Å². The van der Waals surface area contributed by atoms with E-state index in [4.69, 9.17) is 4.98 Å². The molecule has 0 spiro atoms. The molecule has 1 atom stereocenters. The van der Waals surface area contributed by atoms with E-state index in [2.05, 4.69) is 53.6 Å². The Balaban J connectivity index is 1.59. The zero-order valence-corrected chi connectivity index (χ0v) is 21.1. The fourth-order valence-corrected chi connectivity index (χ4v) is 4.94. The van der Waals surface area contributed by atoms with E-state index in [0.29, 0.717) is 0 Å². The van der Waals surface area contributed by atoms with Gasteiger partial charge in [0, 0.05) is 23.3 Å². The number of carbonyl (C=O) groups is 1. The Hall–Kier alpha value is -4.31. The second-order valence-corrected chi connectivity index (χ2v) is 9.25. The van der Waals surface area contributed by atoms with Crippen LogP contribution in [0.15, 0.2) is 109 Å². The molecule has 5 aromatic rings. The van der Waals surface area contributed by atoms with Gasteiger partial charge in [-0.25, -0.2) is 4.98 Å². The summed E-state index contributed by atoms with van der Waals surface area (Å²) in [6.45, 7) is 2.10. The lowest BCUT2D eigenvalue weighted by Crippen LogP contribution is -2.29. The number of nitrogens with zero attached hydrogens (tertiary/aromatic N) is 2. The highest BCUT2D eigenvalue weighted by Crippen LogP contribution is 2.32. The molecule has 0 aliphatic rings. The lowest BCUT2D eigenvalue weighted by atomic mass is 9.91. The van der Waals surface area contributed by atoms with Gasteiger partial charge in [0.05, 0.1) is 22.8 Å². The Bertz CT molecular complexity index is 1470. The van der Waals surface area contributed by atoms with Crippen LogP contribution in [0.1, 0.15) is 52.9 Å². The summed E-state index contributed by atoms with van der Waals surface area (Å²) in [6.07, 6.45) is 7.02. The third-order valence-electron chi connectivity index (χ3n) is 6.82. The maximum atomic E-state index is 14.1. The first-order valence-electron chi connectivity index (χ1n) is 13.0. The average molecular weight is 486 g/mol. The molecule has 2 heterocycles. The van der Waals surface area contributed by atoms with E-state index in [0.717, 1.165) is 64.5 Å². The first-order valence-corrected chi connectivity index (χ1v) is 13.0. The quantitative estimate of drug-likeness (QED) is 0.237. The van der Waals surface area contributed by atoms with Gasteiger partial charge in [0.1, 0.15) is 0 Å². The van der Waals surface area contributed by atoms with Gasteiger partial charge in [-0.05, 0) is 60.6 Å². The van der Waals surface area contributed by atoms with Crippen molar-refractivity contribution in [2.24, 2.45) is 0 Å². The number of fused-ring (bicyclic) bond motifs is 1. The Kier molecular flexibility index (Phi) is 7.66. The third-order valence-corrected chi connectivity index (χ3v) is 6.82. The van der Waals surface area contributed by atoms with Crippen LogP contribution in [-0.4, -0.2) is 15.9 Å². The number of aryl methyl sites for hydroxylation is 1. The van der Waals surface area contributed by atoms with Crippen molar-refractivity contribution >= 4 is 16.8 Å². The zero-order valence-electron chi connectivity index (χ0n) is 21.1. The van der Waals surface area contributed by atoms with Gasteiger partial charge < -0.3 is 5.32 Å². The minimum absolute atomic E-state index is 0.0506. The van der Waals surface area contributed by atoms with Crippen LogP contribution in [0.3, 0.4) is 0 Å². The number of pyridine rings is 2. The smallest absolute Gasteiger partial charge is 0.252 e. The molecule has 5 rings (SSSR count).